The van der Waals surface area contributed by atoms with Gasteiger partial charge in [0.1, 0.15) is 0 Å². The first-order valence-electron chi connectivity index (χ1n) is 7.05. The molecule has 120 valence electrons. The highest BCUT2D eigenvalue weighted by Crippen LogP contribution is 2.25. The molecular weight excluding hydrogens is 325 g/mol. The van der Waals surface area contributed by atoms with E-state index in [0.717, 1.165) is 18.6 Å². The first-order chi connectivity index (χ1) is 10.5. The molecule has 2 amide bonds. The van der Waals surface area contributed by atoms with Gasteiger partial charge in [0, 0.05) is 23.6 Å². The molecule has 0 saturated heterocycles. The molecular formula is C15H19Cl2N3O2. The van der Waals surface area contributed by atoms with Crippen LogP contribution in [0.4, 0.5) is 5.69 Å². The van der Waals surface area contributed by atoms with Crippen molar-refractivity contribution in [1.82, 2.24) is 5.43 Å². The number of hydrogen-bond acceptors (Lipinski definition) is 3. The summed E-state index contributed by atoms with van der Waals surface area (Å²) >= 11 is 11.7. The van der Waals surface area contributed by atoms with Crippen LogP contribution in [0.2, 0.25) is 10.0 Å². The Morgan fingerprint density at radius 2 is 1.73 bits per heavy atom. The molecule has 0 aliphatic carbocycles. The summed E-state index contributed by atoms with van der Waals surface area (Å²) in [6, 6.07) is 4.78. The molecule has 0 fully saturated rings. The molecule has 22 heavy (non-hydrogen) atoms. The minimum atomic E-state index is -0.297. The second kappa shape index (κ2) is 9.43. The van der Waals surface area contributed by atoms with Gasteiger partial charge in [-0.3, -0.25) is 9.59 Å². The van der Waals surface area contributed by atoms with Crippen LogP contribution >= 0.6 is 23.2 Å². The molecule has 0 radical (unpaired) electrons. The number of benzene rings is 1. The van der Waals surface area contributed by atoms with E-state index in [0.29, 0.717) is 15.7 Å². The second-order valence-electron chi connectivity index (χ2n) is 4.59. The zero-order chi connectivity index (χ0) is 16.5. The largest absolute Gasteiger partial charge is 0.325 e. The fourth-order valence-corrected chi connectivity index (χ4v) is 2.09. The SMILES string of the molecule is CCC(CC)=NNC(=O)CCC(=O)Nc1ccc(Cl)cc1Cl. The number of halogens is 2. The highest BCUT2D eigenvalue weighted by atomic mass is 35.5. The zero-order valence-electron chi connectivity index (χ0n) is 12.6. The second-order valence-corrected chi connectivity index (χ2v) is 5.44. The van der Waals surface area contributed by atoms with Crippen molar-refractivity contribution in [2.24, 2.45) is 5.10 Å². The number of amides is 2. The summed E-state index contributed by atoms with van der Waals surface area (Å²) in [6.07, 6.45) is 1.67. The van der Waals surface area contributed by atoms with E-state index in [-0.39, 0.29) is 24.7 Å². The molecule has 0 bridgehead atoms. The Balaban J connectivity index is 2.43. The van der Waals surface area contributed by atoms with Crippen LogP contribution in [0.1, 0.15) is 39.5 Å². The number of carbonyl (C=O) groups is 2. The van der Waals surface area contributed by atoms with Crippen molar-refractivity contribution in [3.8, 4) is 0 Å². The van der Waals surface area contributed by atoms with Gasteiger partial charge in [-0.25, -0.2) is 5.43 Å². The number of hydrazone groups is 1. The van der Waals surface area contributed by atoms with Crippen LogP contribution < -0.4 is 10.7 Å². The fraction of sp³-hybridized carbons (Fsp3) is 0.400. The summed E-state index contributed by atoms with van der Waals surface area (Å²) in [5.41, 5.74) is 3.82. The van der Waals surface area contributed by atoms with Gasteiger partial charge in [-0.05, 0) is 31.0 Å². The van der Waals surface area contributed by atoms with E-state index in [9.17, 15) is 9.59 Å². The number of rotatable bonds is 7. The summed E-state index contributed by atoms with van der Waals surface area (Å²) in [6.45, 7) is 3.94. The molecule has 1 aromatic rings. The highest BCUT2D eigenvalue weighted by Gasteiger charge is 2.09. The van der Waals surface area contributed by atoms with Crippen LogP contribution in [0.3, 0.4) is 0 Å². The molecule has 1 aromatic carbocycles. The smallest absolute Gasteiger partial charge is 0.240 e. The van der Waals surface area contributed by atoms with E-state index in [1.165, 1.54) is 6.07 Å². The van der Waals surface area contributed by atoms with Crippen LogP contribution in [0.15, 0.2) is 23.3 Å². The standard InChI is InChI=1S/C15H19Cl2N3O2/c1-3-11(4-2)19-20-15(22)8-7-14(21)18-13-6-5-10(16)9-12(13)17/h5-6,9H,3-4,7-8H2,1-2H3,(H,18,21)(H,20,22). The third kappa shape index (κ3) is 6.45. The van der Waals surface area contributed by atoms with E-state index in [1.54, 1.807) is 12.1 Å². The summed E-state index contributed by atoms with van der Waals surface area (Å²) in [5.74, 6) is -0.591. The molecule has 0 aliphatic heterocycles. The normalized spacial score (nSPS) is 10.0. The Kier molecular flexibility index (Phi) is 7.91. The van der Waals surface area contributed by atoms with Crippen molar-refractivity contribution >= 4 is 46.4 Å². The molecule has 5 nitrogen and oxygen atoms in total. The molecule has 2 N–H and O–H groups in total. The average Bonchev–Trinajstić information content (AvgIpc) is 2.49. The summed E-state index contributed by atoms with van der Waals surface area (Å²) in [4.78, 5) is 23.4. The molecule has 7 heteroatoms. The maximum absolute atomic E-state index is 11.8. The lowest BCUT2D eigenvalue weighted by Gasteiger charge is -2.07. The fourth-order valence-electron chi connectivity index (χ4n) is 1.64. The Morgan fingerprint density at radius 1 is 1.09 bits per heavy atom. The van der Waals surface area contributed by atoms with Gasteiger partial charge in [0.25, 0.3) is 0 Å². The summed E-state index contributed by atoms with van der Waals surface area (Å²) in [5, 5.41) is 7.47. The number of nitrogens with one attached hydrogen (secondary N) is 2. The van der Waals surface area contributed by atoms with Crippen molar-refractivity contribution in [2.45, 2.75) is 39.5 Å². The first kappa shape index (κ1) is 18.5. The summed E-state index contributed by atoms with van der Waals surface area (Å²) in [7, 11) is 0. The number of hydrogen-bond donors (Lipinski definition) is 2. The maximum atomic E-state index is 11.8. The minimum absolute atomic E-state index is 0.0495. The van der Waals surface area contributed by atoms with Gasteiger partial charge >= 0.3 is 0 Å². The van der Waals surface area contributed by atoms with Crippen molar-refractivity contribution < 1.29 is 9.59 Å². The number of nitrogens with zero attached hydrogens (tertiary/aromatic N) is 1. The lowest BCUT2D eigenvalue weighted by molar-refractivity contribution is -0.124. The predicted octanol–water partition coefficient (Wildman–Crippen LogP) is 4.00. The van der Waals surface area contributed by atoms with Crippen LogP contribution in [0.25, 0.3) is 0 Å². The molecule has 0 heterocycles. The van der Waals surface area contributed by atoms with E-state index in [2.05, 4.69) is 15.8 Å². The molecule has 0 aliphatic rings. The van der Waals surface area contributed by atoms with Gasteiger partial charge in [0.05, 0.1) is 10.7 Å². The van der Waals surface area contributed by atoms with E-state index >= 15 is 0 Å². The Bertz CT molecular complexity index is 568. The molecule has 0 unspecified atom stereocenters. The molecule has 0 atom stereocenters. The van der Waals surface area contributed by atoms with Crippen LogP contribution in [-0.2, 0) is 9.59 Å². The molecule has 1 rings (SSSR count). The van der Waals surface area contributed by atoms with E-state index in [4.69, 9.17) is 23.2 Å². The Hall–Kier alpha value is -1.59. The third-order valence-electron chi connectivity index (χ3n) is 2.94. The van der Waals surface area contributed by atoms with Crippen molar-refractivity contribution in [2.75, 3.05) is 5.32 Å². The quantitative estimate of drug-likeness (QED) is 0.580. The lowest BCUT2D eigenvalue weighted by atomic mass is 10.2. The van der Waals surface area contributed by atoms with Gasteiger partial charge in [0.15, 0.2) is 0 Å². The maximum Gasteiger partial charge on any atom is 0.240 e. The Morgan fingerprint density at radius 3 is 2.32 bits per heavy atom. The Labute approximate surface area is 140 Å². The average molecular weight is 344 g/mol. The topological polar surface area (TPSA) is 70.6 Å². The van der Waals surface area contributed by atoms with Crippen LogP contribution in [-0.4, -0.2) is 17.5 Å². The van der Waals surface area contributed by atoms with Crippen molar-refractivity contribution in [3.63, 3.8) is 0 Å². The third-order valence-corrected chi connectivity index (χ3v) is 3.49. The van der Waals surface area contributed by atoms with Gasteiger partial charge in [-0.15, -0.1) is 0 Å². The molecule has 0 aromatic heterocycles. The van der Waals surface area contributed by atoms with Gasteiger partial charge < -0.3 is 5.32 Å². The predicted molar refractivity (Wildman–Crippen MR) is 90.5 cm³/mol. The van der Waals surface area contributed by atoms with Gasteiger partial charge in [0.2, 0.25) is 11.8 Å². The van der Waals surface area contributed by atoms with Gasteiger partial charge in [-0.2, -0.15) is 5.10 Å². The van der Waals surface area contributed by atoms with Crippen molar-refractivity contribution in [1.29, 1.82) is 0 Å². The summed E-state index contributed by atoms with van der Waals surface area (Å²) < 4.78 is 0. The first-order valence-corrected chi connectivity index (χ1v) is 7.81. The van der Waals surface area contributed by atoms with E-state index < -0.39 is 0 Å². The number of carbonyl (C=O) groups excluding carboxylic acids is 2. The van der Waals surface area contributed by atoms with Crippen LogP contribution in [0.5, 0.6) is 0 Å². The number of anilines is 1. The molecule has 0 saturated carbocycles. The lowest BCUT2D eigenvalue weighted by Crippen LogP contribution is -2.21. The van der Waals surface area contributed by atoms with Crippen molar-refractivity contribution in [3.05, 3.63) is 28.2 Å². The highest BCUT2D eigenvalue weighted by molar-refractivity contribution is 6.36. The monoisotopic (exact) mass is 343 g/mol. The minimum Gasteiger partial charge on any atom is -0.325 e. The van der Waals surface area contributed by atoms with Gasteiger partial charge in [-0.1, -0.05) is 37.0 Å². The zero-order valence-corrected chi connectivity index (χ0v) is 14.1. The van der Waals surface area contributed by atoms with E-state index in [1.807, 2.05) is 13.8 Å². The molecule has 0 spiro atoms. The van der Waals surface area contributed by atoms with Crippen LogP contribution in [0, 0.1) is 0 Å².